The van der Waals surface area contributed by atoms with Gasteiger partial charge in [0.15, 0.2) is 0 Å². The first-order valence-corrected chi connectivity index (χ1v) is 2.68. The van der Waals surface area contributed by atoms with Gasteiger partial charge in [-0.05, 0) is 6.92 Å². The molecule has 0 bridgehead atoms. The second-order valence-corrected chi connectivity index (χ2v) is 1.68. The van der Waals surface area contributed by atoms with Gasteiger partial charge in [0, 0.05) is 0 Å². The molecule has 0 aliphatic carbocycles. The highest BCUT2D eigenvalue weighted by molar-refractivity contribution is 6.18. The van der Waals surface area contributed by atoms with Gasteiger partial charge in [-0.3, -0.25) is 0 Å². The van der Waals surface area contributed by atoms with Crippen LogP contribution >= 0.6 is 11.6 Å². The topological polar surface area (TPSA) is 50.1 Å². The first-order chi connectivity index (χ1) is 3.66. The first-order valence-electron chi connectivity index (χ1n) is 2.15. The maximum Gasteiger partial charge on any atom is 0.426 e. The minimum absolute atomic E-state index is 0.241. The fourth-order valence-corrected chi connectivity index (χ4v) is 0.277. The molecular weight excluding hydrogens is 130 g/mol. The predicted molar refractivity (Wildman–Crippen MR) is 29.8 cm³/mol. The second-order valence-electron chi connectivity index (χ2n) is 1.37. The van der Waals surface area contributed by atoms with Gasteiger partial charge >= 0.3 is 6.09 Å². The number of alkyl halides is 1. The number of carbonyl (C=O) groups is 1. The number of carbonyl (C=O) groups excluding carboxylic acids is 1. The van der Waals surface area contributed by atoms with Crippen LogP contribution in [-0.2, 0) is 4.74 Å². The summed E-state index contributed by atoms with van der Waals surface area (Å²) in [5.74, 6) is 0.241. The summed E-state index contributed by atoms with van der Waals surface area (Å²) in [6.07, 6.45) is -1.38. The number of ether oxygens (including phenoxy) is 1. The van der Waals surface area contributed by atoms with Crippen molar-refractivity contribution < 1.29 is 9.53 Å². The van der Waals surface area contributed by atoms with Crippen LogP contribution in [0.1, 0.15) is 6.92 Å². The molecule has 1 amide bonds. The van der Waals surface area contributed by atoms with Gasteiger partial charge in [0.2, 0.25) is 0 Å². The van der Waals surface area contributed by atoms with Crippen molar-refractivity contribution >= 4 is 17.7 Å². The average molecular weight is 137 g/mol. The second kappa shape index (κ2) is 3.55. The summed E-state index contributed by atoms with van der Waals surface area (Å²) < 4.78 is 4.30. The number of nitrogens with one attached hydrogen (secondary N) is 1. The van der Waals surface area contributed by atoms with Crippen LogP contribution in [0.5, 0.6) is 0 Å². The molecular formula is C4H7ClNO2. The van der Waals surface area contributed by atoms with Gasteiger partial charge < -0.3 is 4.74 Å². The molecule has 3 nitrogen and oxygen atoms in total. The summed E-state index contributed by atoms with van der Waals surface area (Å²) in [6.45, 7) is 1.62. The summed E-state index contributed by atoms with van der Waals surface area (Å²) in [5.41, 5.74) is 6.29. The molecule has 4 heteroatoms. The van der Waals surface area contributed by atoms with Gasteiger partial charge in [-0.2, -0.15) is 0 Å². The highest BCUT2D eigenvalue weighted by Crippen LogP contribution is 1.92. The van der Waals surface area contributed by atoms with Crippen LogP contribution in [0.15, 0.2) is 0 Å². The lowest BCUT2D eigenvalue weighted by Crippen LogP contribution is -2.14. The molecule has 0 heterocycles. The lowest BCUT2D eigenvalue weighted by atomic mass is 10.5. The zero-order valence-corrected chi connectivity index (χ0v) is 5.23. The summed E-state index contributed by atoms with van der Waals surface area (Å²) in [5, 5.41) is 0. The first kappa shape index (κ1) is 7.56. The van der Waals surface area contributed by atoms with E-state index in [0.717, 1.165) is 0 Å². The lowest BCUT2D eigenvalue weighted by Gasteiger charge is -2.04. The molecule has 1 unspecified atom stereocenters. The van der Waals surface area contributed by atoms with Crippen molar-refractivity contribution in [2.75, 3.05) is 5.88 Å². The molecule has 0 aliphatic heterocycles. The fraction of sp³-hybridized carbons (Fsp3) is 0.750. The van der Waals surface area contributed by atoms with Gasteiger partial charge in [0.05, 0.1) is 5.88 Å². The number of amides is 1. The Hall–Kier alpha value is -0.440. The third-order valence-corrected chi connectivity index (χ3v) is 0.960. The largest absolute Gasteiger partial charge is 0.444 e. The zero-order valence-electron chi connectivity index (χ0n) is 4.48. The van der Waals surface area contributed by atoms with Gasteiger partial charge in [-0.15, -0.1) is 11.6 Å². The third-order valence-electron chi connectivity index (χ3n) is 0.526. The van der Waals surface area contributed by atoms with E-state index < -0.39 is 6.09 Å². The van der Waals surface area contributed by atoms with Gasteiger partial charge in [0.25, 0.3) is 0 Å². The SMILES string of the molecule is CC(CCl)OC([NH])=O. The van der Waals surface area contributed by atoms with Crippen LogP contribution in [0, 0.1) is 0 Å². The van der Waals surface area contributed by atoms with Crippen LogP contribution in [0.4, 0.5) is 4.79 Å². The Morgan fingerprint density at radius 1 is 2.00 bits per heavy atom. The van der Waals surface area contributed by atoms with E-state index in [1.165, 1.54) is 0 Å². The minimum atomic E-state index is -1.03. The number of rotatable bonds is 2. The Bertz CT molecular complexity index is 86.1. The van der Waals surface area contributed by atoms with Crippen molar-refractivity contribution in [3.63, 3.8) is 0 Å². The monoisotopic (exact) mass is 136 g/mol. The maximum absolute atomic E-state index is 9.80. The van der Waals surface area contributed by atoms with E-state index in [0.29, 0.717) is 0 Å². The van der Waals surface area contributed by atoms with Crippen LogP contribution in [-0.4, -0.2) is 18.1 Å². The minimum Gasteiger partial charge on any atom is -0.444 e. The zero-order chi connectivity index (χ0) is 6.57. The molecule has 47 valence electrons. The van der Waals surface area contributed by atoms with Crippen molar-refractivity contribution in [3.8, 4) is 0 Å². The summed E-state index contributed by atoms with van der Waals surface area (Å²) in [6, 6.07) is 0. The smallest absolute Gasteiger partial charge is 0.426 e. The van der Waals surface area contributed by atoms with E-state index in [-0.39, 0.29) is 12.0 Å². The van der Waals surface area contributed by atoms with E-state index in [1.807, 2.05) is 0 Å². The normalized spacial score (nSPS) is 12.8. The van der Waals surface area contributed by atoms with Gasteiger partial charge in [-0.1, -0.05) is 0 Å². The Kier molecular flexibility index (Phi) is 3.35. The molecule has 1 atom stereocenters. The Balaban J connectivity index is 3.24. The van der Waals surface area contributed by atoms with Crippen molar-refractivity contribution in [3.05, 3.63) is 0 Å². The van der Waals surface area contributed by atoms with Crippen molar-refractivity contribution in [1.82, 2.24) is 5.73 Å². The standard InChI is InChI=1S/C4H7ClNO2/c1-3(2-5)8-4(6)7/h3,6H,2H2,1H3. The molecule has 1 radical (unpaired) electrons. The van der Waals surface area contributed by atoms with Crippen molar-refractivity contribution in [2.24, 2.45) is 0 Å². The van der Waals surface area contributed by atoms with Gasteiger partial charge in [0.1, 0.15) is 6.10 Å². The van der Waals surface area contributed by atoms with E-state index in [9.17, 15) is 4.79 Å². The number of hydrogen-bond donors (Lipinski definition) is 0. The quantitative estimate of drug-likeness (QED) is 0.533. The molecule has 0 aliphatic rings. The molecule has 0 aromatic rings. The summed E-state index contributed by atoms with van der Waals surface area (Å²) in [7, 11) is 0. The molecule has 0 aromatic carbocycles. The Morgan fingerprint density at radius 2 is 2.50 bits per heavy atom. The highest BCUT2D eigenvalue weighted by atomic mass is 35.5. The summed E-state index contributed by atoms with van der Waals surface area (Å²) >= 11 is 5.24. The van der Waals surface area contributed by atoms with Crippen LogP contribution in [0.3, 0.4) is 0 Å². The molecule has 1 N–H and O–H groups in total. The van der Waals surface area contributed by atoms with E-state index in [4.69, 9.17) is 17.3 Å². The molecule has 8 heavy (non-hydrogen) atoms. The highest BCUT2D eigenvalue weighted by Gasteiger charge is 2.02. The molecule has 0 saturated heterocycles. The average Bonchev–Trinajstić information content (AvgIpc) is 1.65. The maximum atomic E-state index is 9.80. The van der Waals surface area contributed by atoms with Crippen LogP contribution in [0.2, 0.25) is 0 Å². The Labute approximate surface area is 52.8 Å². The molecule has 0 rings (SSSR count). The predicted octanol–water partition coefficient (Wildman–Crippen LogP) is 1.03. The fourth-order valence-electron chi connectivity index (χ4n) is 0.214. The van der Waals surface area contributed by atoms with Crippen molar-refractivity contribution in [1.29, 1.82) is 0 Å². The molecule has 0 saturated carbocycles. The summed E-state index contributed by atoms with van der Waals surface area (Å²) in [4.78, 5) is 9.80. The van der Waals surface area contributed by atoms with E-state index >= 15 is 0 Å². The molecule has 0 fully saturated rings. The third kappa shape index (κ3) is 3.74. The van der Waals surface area contributed by atoms with Gasteiger partial charge in [-0.25, -0.2) is 10.5 Å². The van der Waals surface area contributed by atoms with E-state index in [2.05, 4.69) is 4.74 Å². The molecule has 0 aromatic heterocycles. The number of hydrogen-bond acceptors (Lipinski definition) is 2. The van der Waals surface area contributed by atoms with Crippen molar-refractivity contribution in [2.45, 2.75) is 13.0 Å². The van der Waals surface area contributed by atoms with E-state index in [1.54, 1.807) is 6.92 Å². The Morgan fingerprint density at radius 3 is 2.62 bits per heavy atom. The molecule has 0 spiro atoms. The van der Waals surface area contributed by atoms with Crippen LogP contribution in [0.25, 0.3) is 0 Å². The number of halogens is 1. The van der Waals surface area contributed by atoms with Crippen LogP contribution < -0.4 is 5.73 Å². The lowest BCUT2D eigenvalue weighted by molar-refractivity contribution is 0.125.